The molecule has 62 heavy (non-hydrogen) atoms. The molecule has 17 nitrogen and oxygen atoms in total. The molecule has 3 aromatic carbocycles. The van der Waals surface area contributed by atoms with Crippen LogP contribution < -0.4 is 20.5 Å². The van der Waals surface area contributed by atoms with Gasteiger partial charge in [0.2, 0.25) is 0 Å². The largest absolute Gasteiger partial charge is 0.497 e. The van der Waals surface area contributed by atoms with Crippen LogP contribution in [0.1, 0.15) is 35.8 Å². The standard InChI is InChI=1S/C45H60N6O11/c1-54-36-14-10-34(11-15-36)45(33-8-4-3-5-9-33,35-12-16-37(55-2)17-13-35)61-30-38-40(52)41(53)44(62-38)51-32-50-39-42(48-31-49-43(39)51)47-19-7-21-57-23-25-59-27-29-60-28-26-58-24-22-56-20-6-18-46/h3-5,8-17,31-32,38,40-41,44,52-53H,6-7,18-30,46H2,1-2H3,(H,47,48,49)/t38-,40-,41-,44-/m1/s1. The minimum Gasteiger partial charge on any atom is -0.497 e. The third-order valence-electron chi connectivity index (χ3n) is 10.3. The van der Waals surface area contributed by atoms with Gasteiger partial charge in [0.15, 0.2) is 23.2 Å². The minimum absolute atomic E-state index is 0.0810. The van der Waals surface area contributed by atoms with Gasteiger partial charge in [-0.25, -0.2) is 15.0 Å². The van der Waals surface area contributed by atoms with Gasteiger partial charge in [-0.2, -0.15) is 0 Å². The highest BCUT2D eigenvalue weighted by atomic mass is 16.6. The van der Waals surface area contributed by atoms with Crippen molar-refractivity contribution in [1.29, 1.82) is 0 Å². The maximum absolute atomic E-state index is 11.4. The van der Waals surface area contributed by atoms with Gasteiger partial charge in [-0.05, 0) is 60.3 Å². The van der Waals surface area contributed by atoms with E-state index in [9.17, 15) is 10.2 Å². The number of methoxy groups -OCH3 is 2. The fourth-order valence-electron chi connectivity index (χ4n) is 7.09. The number of hydrogen-bond donors (Lipinski definition) is 4. The Morgan fingerprint density at radius 3 is 1.74 bits per heavy atom. The second kappa shape index (κ2) is 24.7. The first-order valence-electron chi connectivity index (χ1n) is 21.0. The first-order valence-corrected chi connectivity index (χ1v) is 21.0. The van der Waals surface area contributed by atoms with Crippen molar-refractivity contribution in [2.45, 2.75) is 43.0 Å². The molecular formula is C45H60N6O11. The van der Waals surface area contributed by atoms with E-state index in [1.165, 1.54) is 12.7 Å². The molecule has 0 spiro atoms. The zero-order valence-corrected chi connectivity index (χ0v) is 35.5. The number of aromatic nitrogens is 4. The molecular weight excluding hydrogens is 801 g/mol. The van der Waals surface area contributed by atoms with Crippen LogP contribution in [-0.4, -0.2) is 148 Å². The second-order valence-electron chi connectivity index (χ2n) is 14.4. The molecule has 1 aliphatic rings. The Hall–Kier alpha value is -4.79. The summed E-state index contributed by atoms with van der Waals surface area (Å²) >= 11 is 0. The Labute approximate surface area is 362 Å². The second-order valence-corrected chi connectivity index (χ2v) is 14.4. The molecule has 0 radical (unpaired) electrons. The number of aliphatic hydroxyl groups excluding tert-OH is 2. The number of benzene rings is 3. The predicted octanol–water partition coefficient (Wildman–Crippen LogP) is 3.71. The Bertz CT molecular complexity index is 1960. The van der Waals surface area contributed by atoms with Crippen molar-refractivity contribution in [2.24, 2.45) is 5.73 Å². The summed E-state index contributed by atoms with van der Waals surface area (Å²) in [5.74, 6) is 1.92. The number of nitrogens with zero attached hydrogens (tertiary/aromatic N) is 4. The zero-order valence-electron chi connectivity index (χ0n) is 35.5. The molecule has 6 rings (SSSR count). The van der Waals surface area contributed by atoms with Crippen LogP contribution in [0.2, 0.25) is 0 Å². The van der Waals surface area contributed by atoms with Crippen molar-refractivity contribution in [2.75, 3.05) is 105 Å². The molecule has 0 aliphatic carbocycles. The molecule has 17 heteroatoms. The maximum Gasteiger partial charge on any atom is 0.167 e. The molecule has 336 valence electrons. The van der Waals surface area contributed by atoms with Crippen LogP contribution in [0, 0.1) is 0 Å². The third-order valence-corrected chi connectivity index (χ3v) is 10.3. The minimum atomic E-state index is -1.31. The van der Waals surface area contributed by atoms with Gasteiger partial charge in [0.25, 0.3) is 0 Å². The monoisotopic (exact) mass is 860 g/mol. The number of anilines is 1. The molecule has 5 N–H and O–H groups in total. The van der Waals surface area contributed by atoms with Gasteiger partial charge in [0, 0.05) is 19.8 Å². The van der Waals surface area contributed by atoms with Gasteiger partial charge in [-0.15, -0.1) is 0 Å². The van der Waals surface area contributed by atoms with Crippen LogP contribution in [0.3, 0.4) is 0 Å². The molecule has 0 saturated carbocycles. The molecule has 0 unspecified atom stereocenters. The molecule has 1 aliphatic heterocycles. The topological polar surface area (TPSA) is 205 Å². The quantitative estimate of drug-likeness (QED) is 0.0400. The van der Waals surface area contributed by atoms with Gasteiger partial charge in [0.05, 0.1) is 80.0 Å². The summed E-state index contributed by atoms with van der Waals surface area (Å²) in [5.41, 5.74) is 7.71. The Morgan fingerprint density at radius 2 is 1.19 bits per heavy atom. The highest BCUT2D eigenvalue weighted by Crippen LogP contribution is 2.43. The van der Waals surface area contributed by atoms with Crippen LogP contribution in [0.15, 0.2) is 91.5 Å². The van der Waals surface area contributed by atoms with Gasteiger partial charge >= 0.3 is 0 Å². The van der Waals surface area contributed by atoms with Crippen LogP contribution in [-0.2, 0) is 38.8 Å². The fourth-order valence-corrected chi connectivity index (χ4v) is 7.09. The first-order chi connectivity index (χ1) is 30.5. The third kappa shape index (κ3) is 12.2. The highest BCUT2D eigenvalue weighted by Gasteiger charge is 2.47. The molecule has 1 saturated heterocycles. The van der Waals surface area contributed by atoms with Crippen molar-refractivity contribution >= 4 is 17.0 Å². The Balaban J connectivity index is 0.994. The van der Waals surface area contributed by atoms with E-state index in [0.29, 0.717) is 114 Å². The number of nitrogens with one attached hydrogen (secondary N) is 1. The van der Waals surface area contributed by atoms with E-state index in [1.54, 1.807) is 18.8 Å². The highest BCUT2D eigenvalue weighted by molar-refractivity contribution is 5.82. The molecule has 0 amide bonds. The van der Waals surface area contributed by atoms with Crippen molar-refractivity contribution in [3.63, 3.8) is 0 Å². The van der Waals surface area contributed by atoms with Crippen molar-refractivity contribution in [3.8, 4) is 11.5 Å². The molecule has 1 fully saturated rings. The lowest BCUT2D eigenvalue weighted by molar-refractivity contribution is -0.0942. The van der Waals surface area contributed by atoms with Gasteiger partial charge in [0.1, 0.15) is 41.7 Å². The Kier molecular flexibility index (Phi) is 18.6. The van der Waals surface area contributed by atoms with E-state index in [1.807, 2.05) is 78.9 Å². The molecule has 4 atom stereocenters. The number of imidazole rings is 1. The number of ether oxygens (including phenoxy) is 9. The Morgan fingerprint density at radius 1 is 0.661 bits per heavy atom. The van der Waals surface area contributed by atoms with E-state index in [-0.39, 0.29) is 6.61 Å². The number of aliphatic hydroxyl groups is 2. The summed E-state index contributed by atoms with van der Waals surface area (Å²) in [6.45, 7) is 6.29. The number of nitrogens with two attached hydrogens (primary N) is 1. The van der Waals surface area contributed by atoms with E-state index in [4.69, 9.17) is 48.4 Å². The van der Waals surface area contributed by atoms with Gasteiger partial charge in [-0.3, -0.25) is 4.57 Å². The normalized spacial score (nSPS) is 17.8. The SMILES string of the molecule is COc1ccc(C(OC[C@H]2O[C@@H](n3cnc4c(NCCCOCCOCCOCCOCCOCCCN)ncnc43)[C@H](O)[C@@H]2O)(c2ccccc2)c2ccc(OC)cc2)cc1. The number of fused-ring (bicyclic) bond motifs is 1. The van der Waals surface area contributed by atoms with Crippen molar-refractivity contribution in [3.05, 3.63) is 108 Å². The average molecular weight is 861 g/mol. The molecule has 2 aromatic heterocycles. The first kappa shape index (κ1) is 46.7. The zero-order chi connectivity index (χ0) is 43.4. The van der Waals surface area contributed by atoms with Crippen LogP contribution in [0.25, 0.3) is 11.2 Å². The van der Waals surface area contributed by atoms with E-state index < -0.39 is 30.1 Å². The van der Waals surface area contributed by atoms with Gasteiger partial charge in [-0.1, -0.05) is 54.6 Å². The number of hydrogen-bond acceptors (Lipinski definition) is 16. The van der Waals surface area contributed by atoms with Crippen molar-refractivity contribution < 1.29 is 52.8 Å². The van der Waals surface area contributed by atoms with Crippen LogP contribution >= 0.6 is 0 Å². The van der Waals surface area contributed by atoms with Crippen molar-refractivity contribution in [1.82, 2.24) is 19.5 Å². The summed E-state index contributed by atoms with van der Waals surface area (Å²) in [4.78, 5) is 13.4. The summed E-state index contributed by atoms with van der Waals surface area (Å²) in [5, 5.41) is 26.1. The fraction of sp³-hybridized carbons (Fsp3) is 0.489. The molecule has 3 heterocycles. The van der Waals surface area contributed by atoms with Gasteiger partial charge < -0.3 is 63.9 Å². The molecule has 0 bridgehead atoms. The predicted molar refractivity (Wildman–Crippen MR) is 230 cm³/mol. The summed E-state index contributed by atoms with van der Waals surface area (Å²) in [7, 11) is 3.24. The summed E-state index contributed by atoms with van der Waals surface area (Å²) in [6.07, 6.45) is -0.00249. The van der Waals surface area contributed by atoms with E-state index >= 15 is 0 Å². The lowest BCUT2D eigenvalue weighted by Gasteiger charge is -2.37. The van der Waals surface area contributed by atoms with E-state index in [0.717, 1.165) is 23.1 Å². The lowest BCUT2D eigenvalue weighted by atomic mass is 9.80. The lowest BCUT2D eigenvalue weighted by Crippen LogP contribution is -2.39. The summed E-state index contributed by atoms with van der Waals surface area (Å²) in [6, 6.07) is 25.2. The van der Waals surface area contributed by atoms with E-state index in [2.05, 4.69) is 20.3 Å². The summed E-state index contributed by atoms with van der Waals surface area (Å²) < 4.78 is 53.6. The van der Waals surface area contributed by atoms with Crippen LogP contribution in [0.4, 0.5) is 5.82 Å². The smallest absolute Gasteiger partial charge is 0.167 e. The average Bonchev–Trinajstić information content (AvgIpc) is 3.87. The molecule has 5 aromatic rings. The maximum atomic E-state index is 11.4. The number of rotatable bonds is 29. The van der Waals surface area contributed by atoms with Crippen LogP contribution in [0.5, 0.6) is 11.5 Å².